The summed E-state index contributed by atoms with van der Waals surface area (Å²) in [6, 6.07) is 14.2. The number of halogens is 2. The fourth-order valence-corrected chi connectivity index (χ4v) is 6.02. The molecule has 193 valence electrons. The lowest BCUT2D eigenvalue weighted by molar-refractivity contribution is -0.528. The topological polar surface area (TPSA) is 88.1 Å². The van der Waals surface area contributed by atoms with Crippen molar-refractivity contribution in [1.82, 2.24) is 0 Å². The summed E-state index contributed by atoms with van der Waals surface area (Å²) in [5.74, 6) is 0.0276. The van der Waals surface area contributed by atoms with Gasteiger partial charge in [-0.1, -0.05) is 46.9 Å². The molecule has 1 fully saturated rings. The quantitative estimate of drug-likeness (QED) is 0.150. The molecule has 35 heavy (non-hydrogen) atoms. The zero-order chi connectivity index (χ0) is 25.5. The maximum Gasteiger partial charge on any atom is 0.326 e. The lowest BCUT2D eigenvalue weighted by Crippen LogP contribution is -3.43. The first kappa shape index (κ1) is 28.6. The minimum atomic E-state index is -4.02. The Morgan fingerprint density at radius 2 is 1.63 bits per heavy atom. The molecule has 1 aliphatic heterocycles. The van der Waals surface area contributed by atoms with Crippen molar-refractivity contribution in [3.63, 3.8) is 0 Å². The van der Waals surface area contributed by atoms with Crippen LogP contribution in [0.15, 0.2) is 53.4 Å². The molecular weight excluding hydrogens is 698 g/mol. The van der Waals surface area contributed by atoms with Crippen LogP contribution in [-0.4, -0.2) is 60.2 Å². The van der Waals surface area contributed by atoms with Gasteiger partial charge in [0.05, 0.1) is 11.5 Å². The smallest absolute Gasteiger partial charge is 0.326 e. The Labute approximate surface area is 234 Å². The molecule has 3 rings (SSSR count). The average Bonchev–Trinajstić information content (AvgIpc) is 2.87. The van der Waals surface area contributed by atoms with E-state index in [1.54, 1.807) is 31.2 Å². The first-order chi connectivity index (χ1) is 16.6. The molecule has 0 bridgehead atoms. The third-order valence-electron chi connectivity index (χ3n) is 5.78. The zero-order valence-electron chi connectivity index (χ0n) is 19.8. The third kappa shape index (κ3) is 6.88. The van der Waals surface area contributed by atoms with E-state index in [1.165, 1.54) is 0 Å². The van der Waals surface area contributed by atoms with E-state index in [0.717, 1.165) is 16.9 Å². The Kier molecular flexibility index (Phi) is 10.2. The summed E-state index contributed by atoms with van der Waals surface area (Å²) in [5.41, 5.74) is 1.78. The minimum absolute atomic E-state index is 0.0641. The van der Waals surface area contributed by atoms with Crippen LogP contribution in [0.5, 0.6) is 5.75 Å². The van der Waals surface area contributed by atoms with Gasteiger partial charge in [-0.2, -0.15) is 0 Å². The van der Waals surface area contributed by atoms with Crippen molar-refractivity contribution in [3.8, 4) is 16.9 Å². The number of alkyl halides is 2. The van der Waals surface area contributed by atoms with E-state index in [0.29, 0.717) is 24.2 Å². The van der Waals surface area contributed by atoms with Crippen molar-refractivity contribution in [2.24, 2.45) is 0 Å². The Balaban J connectivity index is 1.81. The largest absolute Gasteiger partial charge is 0.744 e. The molecule has 0 aliphatic carbocycles. The number of rotatable bonds is 11. The number of sulfone groups is 1. The highest BCUT2D eigenvalue weighted by Gasteiger charge is 2.54. The number of hydrogen-bond acceptors (Lipinski definition) is 7. The van der Waals surface area contributed by atoms with Crippen LogP contribution in [0, 0.1) is 0 Å². The van der Waals surface area contributed by atoms with Crippen LogP contribution in [0.3, 0.4) is 0 Å². The van der Waals surface area contributed by atoms with Crippen molar-refractivity contribution in [2.45, 2.75) is 39.9 Å². The minimum Gasteiger partial charge on any atom is -0.744 e. The molecule has 1 saturated heterocycles. The van der Waals surface area contributed by atoms with Crippen molar-refractivity contribution < 1.29 is 54.8 Å². The number of carbonyl (C=O) groups excluding carboxylic acids is 1. The van der Waals surface area contributed by atoms with E-state index in [2.05, 4.69) is 22.6 Å². The predicted octanol–water partition coefficient (Wildman–Crippen LogP) is 1.34. The van der Waals surface area contributed by atoms with Gasteiger partial charge in [0, 0.05) is 40.7 Å². The molecule has 10 heteroatoms. The molecule has 0 spiro atoms. The van der Waals surface area contributed by atoms with E-state index in [-0.39, 0.29) is 31.0 Å². The van der Waals surface area contributed by atoms with Crippen molar-refractivity contribution in [2.75, 3.05) is 37.5 Å². The maximum absolute atomic E-state index is 13.8. The summed E-state index contributed by atoms with van der Waals surface area (Å²) in [6.07, 6.45) is 0.128. The highest BCUT2D eigenvalue weighted by Crippen LogP contribution is 2.37. The van der Waals surface area contributed by atoms with Crippen molar-refractivity contribution in [3.05, 3.63) is 48.5 Å². The van der Waals surface area contributed by atoms with E-state index < -0.39 is 24.2 Å². The van der Waals surface area contributed by atoms with E-state index in [4.69, 9.17) is 18.9 Å². The standard InChI is InChI=1S/C25H30I2O7S/c1-3-31-16-17-33-21-8-4-19(5-9-21)20-6-10-22(11-7-20)35(29,30)25(12-14-32-15-13-25)23(28)34-24(2,27)18-26/h4-11H,3,12-18H2,1-2H3/q-1. The highest BCUT2D eigenvalue weighted by molar-refractivity contribution is 14.1. The molecule has 1 atom stereocenters. The lowest BCUT2D eigenvalue weighted by atomic mass is 9.99. The molecule has 7 nitrogen and oxygen atoms in total. The van der Waals surface area contributed by atoms with Gasteiger partial charge < -0.3 is 41.5 Å². The Morgan fingerprint density at radius 1 is 1.06 bits per heavy atom. The maximum atomic E-state index is 13.8. The first-order valence-electron chi connectivity index (χ1n) is 11.4. The van der Waals surface area contributed by atoms with Crippen LogP contribution in [-0.2, 0) is 28.8 Å². The molecule has 2 aromatic carbocycles. The number of hydrogen-bond donors (Lipinski definition) is 0. The molecule has 0 saturated carbocycles. The zero-order valence-corrected chi connectivity index (χ0v) is 24.9. The lowest BCUT2D eigenvalue weighted by Gasteiger charge is -2.41. The Bertz CT molecular complexity index is 1080. The molecule has 1 aliphatic rings. The van der Waals surface area contributed by atoms with E-state index in [1.807, 2.05) is 53.8 Å². The Hall–Kier alpha value is -0.960. The molecule has 1 heterocycles. The predicted molar refractivity (Wildman–Crippen MR) is 137 cm³/mol. The van der Waals surface area contributed by atoms with Gasteiger partial charge in [0.1, 0.15) is 12.4 Å². The highest BCUT2D eigenvalue weighted by atomic mass is 127. The van der Waals surface area contributed by atoms with Crippen LogP contribution >= 0.6 is 22.6 Å². The molecule has 0 amide bonds. The molecule has 1 radical (unpaired) electrons. The number of ether oxygens (including phenoxy) is 4. The molecule has 1 unspecified atom stereocenters. The summed E-state index contributed by atoms with van der Waals surface area (Å²) in [5, 5.41) is 0. The third-order valence-corrected chi connectivity index (χ3v) is 11.8. The Morgan fingerprint density at radius 3 is 2.17 bits per heavy atom. The summed E-state index contributed by atoms with van der Waals surface area (Å²) in [4.78, 5) is 13.4. The normalized spacial score (nSPS) is 17.4. The van der Waals surface area contributed by atoms with Gasteiger partial charge in [-0.3, -0.25) is 4.79 Å². The van der Waals surface area contributed by atoms with Gasteiger partial charge in [0.2, 0.25) is 0 Å². The van der Waals surface area contributed by atoms with Crippen LogP contribution in [0.4, 0.5) is 0 Å². The van der Waals surface area contributed by atoms with Gasteiger partial charge >= 0.3 is 5.97 Å². The number of carbonyl (C=O) groups is 1. The average molecular weight is 728 g/mol. The van der Waals surface area contributed by atoms with Gasteiger partial charge in [-0.25, -0.2) is 8.42 Å². The van der Waals surface area contributed by atoms with Gasteiger partial charge in [-0.05, 0) is 49.2 Å². The number of esters is 1. The van der Waals surface area contributed by atoms with Gasteiger partial charge in [0.15, 0.2) is 14.6 Å². The fourth-order valence-electron chi connectivity index (χ4n) is 3.76. The van der Waals surface area contributed by atoms with Gasteiger partial charge in [-0.15, -0.1) is 0 Å². The molecular formula is C25H30I2O7S-. The second-order valence-corrected chi connectivity index (χ2v) is 13.6. The van der Waals surface area contributed by atoms with Crippen LogP contribution in [0.2, 0.25) is 0 Å². The molecule has 2 aromatic rings. The summed E-state index contributed by atoms with van der Waals surface area (Å²) < 4.78 is 47.6. The fraction of sp³-hybridized carbons (Fsp3) is 0.480. The van der Waals surface area contributed by atoms with Gasteiger partial charge in [0.25, 0.3) is 0 Å². The molecule has 0 N–H and O–H groups in total. The van der Waals surface area contributed by atoms with Crippen LogP contribution < -0.4 is 27.3 Å². The van der Waals surface area contributed by atoms with Crippen molar-refractivity contribution >= 4 is 38.4 Å². The van der Waals surface area contributed by atoms with E-state index >= 15 is 0 Å². The SMILES string of the molecule is CCOCCOc1ccc(-c2ccc(S(=O)(=O)C3(C(=O)OC(C)([I-])CI)CCOCC3)cc2)cc1. The second kappa shape index (κ2) is 12.5. The number of benzene rings is 2. The molecule has 0 aromatic heterocycles. The van der Waals surface area contributed by atoms with Crippen LogP contribution in [0.25, 0.3) is 11.1 Å². The monoisotopic (exact) mass is 728 g/mol. The first-order valence-corrected chi connectivity index (χ1v) is 15.5. The summed E-state index contributed by atoms with van der Waals surface area (Å²) >= 11 is 4.15. The second-order valence-electron chi connectivity index (χ2n) is 8.33. The van der Waals surface area contributed by atoms with Crippen LogP contribution in [0.1, 0.15) is 26.7 Å². The summed E-state index contributed by atoms with van der Waals surface area (Å²) in [7, 11) is -4.02. The van der Waals surface area contributed by atoms with Crippen molar-refractivity contribution in [1.29, 1.82) is 0 Å². The summed E-state index contributed by atoms with van der Waals surface area (Å²) in [6.45, 7) is 5.74. The van der Waals surface area contributed by atoms with E-state index in [9.17, 15) is 13.2 Å².